The highest BCUT2D eigenvalue weighted by Crippen LogP contribution is 2.30. The molecule has 0 fully saturated rings. The number of ether oxygens (including phenoxy) is 1. The average Bonchev–Trinajstić information content (AvgIpc) is 2.54. The van der Waals surface area contributed by atoms with Gasteiger partial charge in [-0.3, -0.25) is 0 Å². The quantitative estimate of drug-likeness (QED) is 0.753. The number of anilines is 1. The number of phenols is 1. The third-order valence-corrected chi connectivity index (χ3v) is 3.56. The standard InChI is InChI=1S/C18H17NO2/c1-21-17-11-5-8-14(18(17)20)12-19-16-10-4-7-13-6-2-3-9-15(13)16/h2-11,19-20H,12H2,1H3. The SMILES string of the molecule is COc1cccc(CNc2cccc3ccccc23)c1O. The lowest BCUT2D eigenvalue weighted by Crippen LogP contribution is -2.01. The van der Waals surface area contributed by atoms with Crippen molar-refractivity contribution in [1.29, 1.82) is 0 Å². The van der Waals surface area contributed by atoms with E-state index in [1.165, 1.54) is 10.8 Å². The maximum absolute atomic E-state index is 10.1. The zero-order valence-corrected chi connectivity index (χ0v) is 11.8. The Morgan fingerprint density at radius 3 is 2.57 bits per heavy atom. The van der Waals surface area contributed by atoms with Crippen LogP contribution in [0.3, 0.4) is 0 Å². The van der Waals surface area contributed by atoms with Gasteiger partial charge >= 0.3 is 0 Å². The summed E-state index contributed by atoms with van der Waals surface area (Å²) in [4.78, 5) is 0. The smallest absolute Gasteiger partial charge is 0.162 e. The number of hydrogen-bond acceptors (Lipinski definition) is 3. The second kappa shape index (κ2) is 5.75. The maximum atomic E-state index is 10.1. The summed E-state index contributed by atoms with van der Waals surface area (Å²) in [5, 5.41) is 15.9. The van der Waals surface area contributed by atoms with E-state index in [1.54, 1.807) is 13.2 Å². The summed E-state index contributed by atoms with van der Waals surface area (Å²) >= 11 is 0. The van der Waals surface area contributed by atoms with Crippen LogP contribution in [0, 0.1) is 0 Å². The van der Waals surface area contributed by atoms with Gasteiger partial charge in [0, 0.05) is 23.2 Å². The summed E-state index contributed by atoms with van der Waals surface area (Å²) in [6.45, 7) is 0.539. The predicted octanol–water partition coefficient (Wildman–Crippen LogP) is 4.17. The molecule has 0 aliphatic heterocycles. The van der Waals surface area contributed by atoms with Gasteiger partial charge in [-0.2, -0.15) is 0 Å². The molecule has 3 aromatic rings. The van der Waals surface area contributed by atoms with Crippen LogP contribution in [0.2, 0.25) is 0 Å². The summed E-state index contributed by atoms with van der Waals surface area (Å²) in [5.41, 5.74) is 1.86. The molecule has 0 saturated carbocycles. The van der Waals surface area contributed by atoms with Crippen molar-refractivity contribution in [3.8, 4) is 11.5 Å². The van der Waals surface area contributed by atoms with E-state index in [0.717, 1.165) is 11.3 Å². The number of rotatable bonds is 4. The fraction of sp³-hybridized carbons (Fsp3) is 0.111. The second-order valence-electron chi connectivity index (χ2n) is 4.85. The number of para-hydroxylation sites is 1. The summed E-state index contributed by atoms with van der Waals surface area (Å²) in [6.07, 6.45) is 0. The lowest BCUT2D eigenvalue weighted by Gasteiger charge is -2.12. The van der Waals surface area contributed by atoms with Crippen LogP contribution in [0.1, 0.15) is 5.56 Å². The van der Waals surface area contributed by atoms with E-state index in [4.69, 9.17) is 4.74 Å². The van der Waals surface area contributed by atoms with E-state index in [0.29, 0.717) is 12.3 Å². The molecular formula is C18H17NO2. The Morgan fingerprint density at radius 1 is 0.952 bits per heavy atom. The van der Waals surface area contributed by atoms with Crippen LogP contribution >= 0.6 is 0 Å². The highest BCUT2D eigenvalue weighted by molar-refractivity contribution is 5.93. The van der Waals surface area contributed by atoms with Gasteiger partial charge in [-0.05, 0) is 17.5 Å². The molecule has 0 amide bonds. The lowest BCUT2D eigenvalue weighted by atomic mass is 10.1. The van der Waals surface area contributed by atoms with Crippen molar-refractivity contribution in [2.75, 3.05) is 12.4 Å². The Bertz CT molecular complexity index is 763. The Balaban J connectivity index is 1.87. The van der Waals surface area contributed by atoms with Gasteiger partial charge < -0.3 is 15.2 Å². The summed E-state index contributed by atoms with van der Waals surface area (Å²) in [7, 11) is 1.55. The van der Waals surface area contributed by atoms with Crippen molar-refractivity contribution < 1.29 is 9.84 Å². The molecule has 0 bridgehead atoms. The normalized spacial score (nSPS) is 10.5. The molecule has 0 unspecified atom stereocenters. The van der Waals surface area contributed by atoms with Crippen LogP contribution in [0.5, 0.6) is 11.5 Å². The third kappa shape index (κ3) is 2.63. The van der Waals surface area contributed by atoms with Crippen molar-refractivity contribution in [2.24, 2.45) is 0 Å². The maximum Gasteiger partial charge on any atom is 0.162 e. The summed E-state index contributed by atoms with van der Waals surface area (Å²) < 4.78 is 5.13. The number of hydrogen-bond donors (Lipinski definition) is 2. The van der Waals surface area contributed by atoms with E-state index < -0.39 is 0 Å². The van der Waals surface area contributed by atoms with E-state index >= 15 is 0 Å². The van der Waals surface area contributed by atoms with Crippen LogP contribution in [0.4, 0.5) is 5.69 Å². The van der Waals surface area contributed by atoms with Gasteiger partial charge in [0.15, 0.2) is 11.5 Å². The van der Waals surface area contributed by atoms with Gasteiger partial charge in [0.2, 0.25) is 0 Å². The number of methoxy groups -OCH3 is 1. The van der Waals surface area contributed by atoms with Crippen LogP contribution in [0.25, 0.3) is 10.8 Å². The first-order valence-corrected chi connectivity index (χ1v) is 6.86. The average molecular weight is 279 g/mol. The molecule has 0 aliphatic rings. The molecule has 3 heteroatoms. The van der Waals surface area contributed by atoms with Crippen LogP contribution in [-0.4, -0.2) is 12.2 Å². The molecule has 0 saturated heterocycles. The number of fused-ring (bicyclic) bond motifs is 1. The van der Waals surface area contributed by atoms with Crippen LogP contribution in [0.15, 0.2) is 60.7 Å². The number of benzene rings is 3. The topological polar surface area (TPSA) is 41.5 Å². The molecule has 3 rings (SSSR count). The van der Waals surface area contributed by atoms with E-state index in [2.05, 4.69) is 23.5 Å². The van der Waals surface area contributed by atoms with Crippen LogP contribution in [-0.2, 0) is 6.54 Å². The largest absolute Gasteiger partial charge is 0.504 e. The highest BCUT2D eigenvalue weighted by atomic mass is 16.5. The Labute approximate surface area is 123 Å². The molecular weight excluding hydrogens is 262 g/mol. The lowest BCUT2D eigenvalue weighted by molar-refractivity contribution is 0.371. The minimum atomic E-state index is 0.188. The number of aromatic hydroxyl groups is 1. The molecule has 3 aromatic carbocycles. The van der Waals surface area contributed by atoms with E-state index in [1.807, 2.05) is 36.4 Å². The van der Waals surface area contributed by atoms with Gasteiger partial charge in [0.25, 0.3) is 0 Å². The van der Waals surface area contributed by atoms with Gasteiger partial charge in [-0.1, -0.05) is 48.5 Å². The Kier molecular flexibility index (Phi) is 3.65. The Hall–Kier alpha value is -2.68. The van der Waals surface area contributed by atoms with Crippen molar-refractivity contribution in [3.05, 3.63) is 66.2 Å². The third-order valence-electron chi connectivity index (χ3n) is 3.56. The molecule has 2 N–H and O–H groups in total. The fourth-order valence-electron chi connectivity index (χ4n) is 2.45. The molecule has 0 spiro atoms. The predicted molar refractivity (Wildman–Crippen MR) is 85.9 cm³/mol. The molecule has 3 nitrogen and oxygen atoms in total. The summed E-state index contributed by atoms with van der Waals surface area (Å²) in [6, 6.07) is 19.9. The summed E-state index contributed by atoms with van der Waals surface area (Å²) in [5.74, 6) is 0.681. The van der Waals surface area contributed by atoms with Crippen molar-refractivity contribution in [2.45, 2.75) is 6.54 Å². The minimum Gasteiger partial charge on any atom is -0.504 e. The molecule has 0 heterocycles. The second-order valence-corrected chi connectivity index (χ2v) is 4.85. The van der Waals surface area contributed by atoms with Crippen molar-refractivity contribution in [1.82, 2.24) is 0 Å². The highest BCUT2D eigenvalue weighted by Gasteiger charge is 2.07. The fourth-order valence-corrected chi connectivity index (χ4v) is 2.45. The van der Waals surface area contributed by atoms with Gasteiger partial charge in [-0.25, -0.2) is 0 Å². The molecule has 0 radical (unpaired) electrons. The number of nitrogens with one attached hydrogen (secondary N) is 1. The van der Waals surface area contributed by atoms with E-state index in [9.17, 15) is 5.11 Å². The van der Waals surface area contributed by atoms with Crippen LogP contribution < -0.4 is 10.1 Å². The first kappa shape index (κ1) is 13.3. The molecule has 106 valence electrons. The minimum absolute atomic E-state index is 0.188. The zero-order chi connectivity index (χ0) is 14.7. The Morgan fingerprint density at radius 2 is 1.71 bits per heavy atom. The first-order chi connectivity index (χ1) is 10.3. The monoisotopic (exact) mass is 279 g/mol. The zero-order valence-electron chi connectivity index (χ0n) is 11.8. The van der Waals surface area contributed by atoms with Gasteiger partial charge in [0.05, 0.1) is 7.11 Å². The van der Waals surface area contributed by atoms with E-state index in [-0.39, 0.29) is 5.75 Å². The van der Waals surface area contributed by atoms with Crippen molar-refractivity contribution in [3.63, 3.8) is 0 Å². The number of phenolic OH excluding ortho intramolecular Hbond substituents is 1. The first-order valence-electron chi connectivity index (χ1n) is 6.86. The molecule has 21 heavy (non-hydrogen) atoms. The van der Waals surface area contributed by atoms with Gasteiger partial charge in [0.1, 0.15) is 0 Å². The van der Waals surface area contributed by atoms with Gasteiger partial charge in [-0.15, -0.1) is 0 Å². The van der Waals surface area contributed by atoms with Crippen molar-refractivity contribution >= 4 is 16.5 Å². The molecule has 0 atom stereocenters. The molecule has 0 aromatic heterocycles. The molecule has 0 aliphatic carbocycles.